The molecule has 1 aromatic heterocycles. The highest BCUT2D eigenvalue weighted by Crippen LogP contribution is 2.46. The summed E-state index contributed by atoms with van der Waals surface area (Å²) in [4.78, 5) is 71.2. The zero-order chi connectivity index (χ0) is 40.0. The minimum Gasteiger partial charge on any atom is -0.444 e. The number of hydrogen-bond donors (Lipinski definition) is 3. The average Bonchev–Trinajstić information content (AvgIpc) is 4.07. The molecule has 0 radical (unpaired) electrons. The first kappa shape index (κ1) is 39.7. The smallest absolute Gasteiger partial charge is 0.408 e. The molecule has 2 aromatic carbocycles. The van der Waals surface area contributed by atoms with E-state index in [-0.39, 0.29) is 30.3 Å². The van der Waals surface area contributed by atoms with Crippen LogP contribution in [0.1, 0.15) is 84.6 Å². The maximum atomic E-state index is 14.6. The van der Waals surface area contributed by atoms with Crippen molar-refractivity contribution >= 4 is 60.5 Å². The lowest BCUT2D eigenvalue weighted by Gasteiger charge is -2.30. The van der Waals surface area contributed by atoms with E-state index in [9.17, 15) is 32.4 Å². The highest BCUT2D eigenvalue weighted by atomic mass is 79.9. The average molecular weight is 852 g/mol. The number of hydrogen-bond acceptors (Lipinski definition) is 9. The van der Waals surface area contributed by atoms with Crippen LogP contribution in [0.4, 0.5) is 4.79 Å². The van der Waals surface area contributed by atoms with Gasteiger partial charge in [-0.3, -0.25) is 23.9 Å². The van der Waals surface area contributed by atoms with Crippen molar-refractivity contribution in [2.75, 3.05) is 6.54 Å². The number of carbonyl (C=O) groups excluding carboxylic acids is 4. The first-order chi connectivity index (χ1) is 26.6. The lowest BCUT2D eigenvalue weighted by atomic mass is 10.00. The van der Waals surface area contributed by atoms with E-state index in [2.05, 4.69) is 36.4 Å². The van der Waals surface area contributed by atoms with Crippen LogP contribution in [-0.2, 0) is 29.1 Å². The largest absolute Gasteiger partial charge is 0.444 e. The minimum absolute atomic E-state index is 0.0394. The Morgan fingerprint density at radius 3 is 2.50 bits per heavy atom. The topological polar surface area (TPSA) is 186 Å². The summed E-state index contributed by atoms with van der Waals surface area (Å²) < 4.78 is 34.9. The third kappa shape index (κ3) is 8.27. The van der Waals surface area contributed by atoms with Gasteiger partial charge in [-0.05, 0) is 91.6 Å². The van der Waals surface area contributed by atoms with Crippen molar-refractivity contribution < 1.29 is 32.3 Å². The summed E-state index contributed by atoms with van der Waals surface area (Å²) in [5, 5.41) is 11.4. The van der Waals surface area contributed by atoms with Gasteiger partial charge in [0, 0.05) is 24.4 Å². The van der Waals surface area contributed by atoms with E-state index in [0.29, 0.717) is 31.2 Å². The van der Waals surface area contributed by atoms with Crippen LogP contribution in [0.25, 0.3) is 21.9 Å². The van der Waals surface area contributed by atoms with E-state index in [4.69, 9.17) is 4.74 Å². The van der Waals surface area contributed by atoms with Crippen molar-refractivity contribution in [1.82, 2.24) is 30.0 Å². The molecule has 16 heteroatoms. The Balaban J connectivity index is 1.23. The molecular weight excluding hydrogens is 804 g/mol. The fraction of sp³-hybridized carbons (Fsp3) is 0.500. The molecule has 0 spiro atoms. The predicted molar refractivity (Wildman–Crippen MR) is 213 cm³/mol. The van der Waals surface area contributed by atoms with Crippen molar-refractivity contribution in [2.24, 2.45) is 5.92 Å². The Labute approximate surface area is 334 Å². The fourth-order valence-corrected chi connectivity index (χ4v) is 9.62. The van der Waals surface area contributed by atoms with Gasteiger partial charge in [-0.1, -0.05) is 67.5 Å². The summed E-state index contributed by atoms with van der Waals surface area (Å²) in [5.74, 6) is -2.51. The van der Waals surface area contributed by atoms with Gasteiger partial charge in [0.15, 0.2) is 0 Å². The molecule has 3 fully saturated rings. The molecule has 3 N–H and O–H groups in total. The second-order valence-electron chi connectivity index (χ2n) is 16.3. The van der Waals surface area contributed by atoms with Crippen molar-refractivity contribution in [3.05, 3.63) is 75.6 Å². The number of rotatable bonds is 6. The molecule has 56 heavy (non-hydrogen) atoms. The molecule has 4 amide bonds. The molecule has 0 bridgehead atoms. The SMILES string of the molecule is CC(C)(C)OC(=O)N[C@H]1CCCCC/C=C\[C@@H]2CC2(C(=O)NS(=O)(=O)C2CC2)NC(=O)[C@@H]2CC(n3ncc(-c4cccc5ccccc45)c(Br)c3=O)CN2C1=O. The lowest BCUT2D eigenvalue weighted by molar-refractivity contribution is -0.141. The van der Waals surface area contributed by atoms with Gasteiger partial charge in [0.1, 0.15) is 23.2 Å². The molecule has 298 valence electrons. The van der Waals surface area contributed by atoms with Crippen molar-refractivity contribution in [2.45, 2.75) is 113 Å². The molecule has 3 aromatic rings. The molecule has 7 rings (SSSR count). The van der Waals surface area contributed by atoms with E-state index in [1.165, 1.54) is 9.58 Å². The van der Waals surface area contributed by atoms with Crippen LogP contribution >= 0.6 is 15.9 Å². The quantitative estimate of drug-likeness (QED) is 0.291. The molecule has 1 saturated heterocycles. The van der Waals surface area contributed by atoms with Gasteiger partial charge in [-0.25, -0.2) is 17.9 Å². The van der Waals surface area contributed by atoms with Gasteiger partial charge in [-0.2, -0.15) is 5.10 Å². The second-order valence-corrected chi connectivity index (χ2v) is 19.0. The number of nitrogens with zero attached hydrogens (tertiary/aromatic N) is 3. The molecular formula is C40H47BrN6O8S. The normalized spacial score (nSPS) is 26.5. The van der Waals surface area contributed by atoms with E-state index < -0.39 is 79.8 Å². The Bertz CT molecular complexity index is 2260. The number of allylic oxidation sites excluding steroid dienone is 1. The number of amides is 4. The third-order valence-electron chi connectivity index (χ3n) is 10.9. The monoisotopic (exact) mass is 850 g/mol. The Hall–Kier alpha value is -4.57. The van der Waals surface area contributed by atoms with Crippen LogP contribution in [0.15, 0.2) is 70.1 Å². The maximum Gasteiger partial charge on any atom is 0.408 e. The minimum atomic E-state index is -3.92. The number of benzene rings is 2. The van der Waals surface area contributed by atoms with Crippen molar-refractivity contribution in [3.63, 3.8) is 0 Å². The van der Waals surface area contributed by atoms with E-state index in [1.54, 1.807) is 27.0 Å². The summed E-state index contributed by atoms with van der Waals surface area (Å²) in [7, 11) is -3.92. The summed E-state index contributed by atoms with van der Waals surface area (Å²) in [6.45, 7) is 5.04. The van der Waals surface area contributed by atoms with Crippen LogP contribution in [0.3, 0.4) is 0 Å². The van der Waals surface area contributed by atoms with E-state index in [0.717, 1.165) is 29.2 Å². The number of halogens is 1. The molecule has 14 nitrogen and oxygen atoms in total. The van der Waals surface area contributed by atoms with E-state index >= 15 is 0 Å². The number of aromatic nitrogens is 2. The van der Waals surface area contributed by atoms with Crippen LogP contribution < -0.4 is 20.9 Å². The van der Waals surface area contributed by atoms with Crippen molar-refractivity contribution in [3.8, 4) is 11.1 Å². The number of carbonyl (C=O) groups is 4. The highest BCUT2D eigenvalue weighted by molar-refractivity contribution is 9.10. The number of ether oxygens (including phenoxy) is 1. The van der Waals surface area contributed by atoms with Gasteiger partial charge >= 0.3 is 6.09 Å². The molecule has 2 saturated carbocycles. The standard InChI is InChI=1S/C40H47BrN6O8S/c1-39(2,3)55-38(52)43-31-17-8-6-4-5-7-14-25-21-40(25,37(51)45-56(53,54)27-18-19-27)44-34(48)32-20-26(23-46(32)35(31)49)47-36(50)33(41)30(22-42-47)29-16-11-13-24-12-9-10-15-28(24)29/h7,9-16,22,25-27,31-32H,4-6,8,17-21,23H2,1-3H3,(H,43,52)(H,44,48)(H,45,51)/b14-7-/t25-,26?,31+,32+,40?/m1/s1. The summed E-state index contributed by atoms with van der Waals surface area (Å²) in [6, 6.07) is 10.6. The molecule has 2 aliphatic heterocycles. The molecule has 4 aliphatic rings. The summed E-state index contributed by atoms with van der Waals surface area (Å²) >= 11 is 3.53. The van der Waals surface area contributed by atoms with Gasteiger partial charge in [0.25, 0.3) is 11.5 Å². The molecule has 2 aliphatic carbocycles. The van der Waals surface area contributed by atoms with Crippen LogP contribution in [-0.4, -0.2) is 81.9 Å². The predicted octanol–water partition coefficient (Wildman–Crippen LogP) is 4.86. The first-order valence-corrected chi connectivity index (χ1v) is 21.5. The van der Waals surface area contributed by atoms with Gasteiger partial charge in [-0.15, -0.1) is 0 Å². The number of nitrogens with one attached hydrogen (secondary N) is 3. The zero-order valence-corrected chi connectivity index (χ0v) is 34.0. The van der Waals surface area contributed by atoms with Crippen molar-refractivity contribution in [1.29, 1.82) is 0 Å². The third-order valence-corrected chi connectivity index (χ3v) is 13.5. The number of fused-ring (bicyclic) bond motifs is 3. The Morgan fingerprint density at radius 2 is 1.75 bits per heavy atom. The molecule has 3 heterocycles. The van der Waals surface area contributed by atoms with Gasteiger partial charge in [0.2, 0.25) is 21.8 Å². The zero-order valence-electron chi connectivity index (χ0n) is 31.6. The number of alkyl carbamates (subject to hydrolysis) is 1. The Morgan fingerprint density at radius 1 is 1.00 bits per heavy atom. The lowest BCUT2D eigenvalue weighted by Crippen LogP contribution is -2.58. The van der Waals surface area contributed by atoms with Crippen LogP contribution in [0.2, 0.25) is 0 Å². The molecule has 5 atom stereocenters. The second kappa shape index (κ2) is 15.4. The van der Waals surface area contributed by atoms with Crippen LogP contribution in [0.5, 0.6) is 0 Å². The summed E-state index contributed by atoms with van der Waals surface area (Å²) in [6.07, 6.45) is 8.66. The fourth-order valence-electron chi connectivity index (χ4n) is 7.76. The molecule has 2 unspecified atom stereocenters. The van der Waals surface area contributed by atoms with Gasteiger partial charge < -0.3 is 20.3 Å². The number of sulfonamides is 1. The summed E-state index contributed by atoms with van der Waals surface area (Å²) in [5.41, 5.74) is -1.46. The highest BCUT2D eigenvalue weighted by Gasteiger charge is 2.62. The maximum absolute atomic E-state index is 14.6. The van der Waals surface area contributed by atoms with Gasteiger partial charge in [0.05, 0.1) is 22.0 Å². The van der Waals surface area contributed by atoms with Crippen LogP contribution in [0, 0.1) is 5.92 Å². The Kier molecular flexibility index (Phi) is 10.9. The van der Waals surface area contributed by atoms with E-state index in [1.807, 2.05) is 54.6 Å². The first-order valence-electron chi connectivity index (χ1n) is 19.2.